The van der Waals surface area contributed by atoms with E-state index in [0.717, 1.165) is 49.9 Å². The van der Waals surface area contributed by atoms with Crippen LogP contribution in [0.2, 0.25) is 0 Å². The summed E-state index contributed by atoms with van der Waals surface area (Å²) >= 11 is 1.68. The Hall–Kier alpha value is -0.950. The molecule has 1 aliphatic heterocycles. The maximum Gasteiger partial charge on any atom is 0.193 e. The number of likely N-dealkylation sites (N-methyl/N-ethyl adjacent to an activating group) is 2. The summed E-state index contributed by atoms with van der Waals surface area (Å²) in [4.78, 5) is 8.23. The first-order valence-corrected chi connectivity index (χ1v) is 8.66. The van der Waals surface area contributed by atoms with Gasteiger partial charge in [-0.25, -0.2) is 4.98 Å². The summed E-state index contributed by atoms with van der Waals surface area (Å²) in [7, 11) is 0. The average Bonchev–Trinajstić information content (AvgIpc) is 3.08. The molecule has 3 rings (SSSR count). The molecule has 3 heterocycles. The van der Waals surface area contributed by atoms with Gasteiger partial charge in [-0.05, 0) is 13.1 Å². The van der Waals surface area contributed by atoms with Gasteiger partial charge in [0.25, 0.3) is 0 Å². The lowest BCUT2D eigenvalue weighted by Gasteiger charge is -2.36. The molecule has 1 aliphatic rings. The fourth-order valence-electron chi connectivity index (χ4n) is 2.96. The van der Waals surface area contributed by atoms with E-state index in [1.54, 1.807) is 11.3 Å². The van der Waals surface area contributed by atoms with Crippen molar-refractivity contribution in [3.05, 3.63) is 23.5 Å². The molecule has 0 amide bonds. The minimum atomic E-state index is 0.249. The topological polar surface area (TPSA) is 41.8 Å². The number of nitrogens with zero attached hydrogens (tertiary/aromatic N) is 3. The van der Waals surface area contributed by atoms with Crippen molar-refractivity contribution >= 4 is 16.3 Å². The van der Waals surface area contributed by atoms with Gasteiger partial charge in [-0.3, -0.25) is 9.30 Å². The molecule has 2 aromatic heterocycles. The monoisotopic (exact) mass is 308 g/mol. The molecule has 1 saturated heterocycles. The molecule has 116 valence electrons. The quantitative estimate of drug-likeness (QED) is 0.881. The van der Waals surface area contributed by atoms with Gasteiger partial charge in [-0.15, -0.1) is 11.3 Å². The Balaban J connectivity index is 1.69. The number of fused-ring (bicyclic) bond motifs is 1. The third kappa shape index (κ3) is 3.45. The van der Waals surface area contributed by atoms with Crippen LogP contribution >= 0.6 is 11.3 Å². The van der Waals surface area contributed by atoms with Gasteiger partial charge in [0.15, 0.2) is 4.96 Å². The van der Waals surface area contributed by atoms with Crippen molar-refractivity contribution in [2.24, 2.45) is 0 Å². The van der Waals surface area contributed by atoms with E-state index in [0.29, 0.717) is 6.04 Å². The number of hydrogen-bond acceptors (Lipinski definition) is 5. The molecule has 0 aromatic carbocycles. The van der Waals surface area contributed by atoms with Crippen molar-refractivity contribution in [1.29, 1.82) is 0 Å². The highest BCUT2D eigenvalue weighted by Gasteiger charge is 2.27. The van der Waals surface area contributed by atoms with Crippen LogP contribution in [-0.2, 0) is 11.2 Å². The van der Waals surface area contributed by atoms with Gasteiger partial charge in [0.2, 0.25) is 0 Å². The molecule has 1 fully saturated rings. The third-order valence-corrected chi connectivity index (χ3v) is 4.88. The van der Waals surface area contributed by atoms with Crippen LogP contribution < -0.4 is 5.32 Å². The molecule has 2 aromatic rings. The summed E-state index contributed by atoms with van der Waals surface area (Å²) in [6, 6.07) is 0.328. The summed E-state index contributed by atoms with van der Waals surface area (Å²) in [5.74, 6) is 0. The summed E-state index contributed by atoms with van der Waals surface area (Å²) < 4.78 is 8.12. The standard InChI is InChI=1S/C15H24N4OS/c1-3-16-13(14-11-18(4-2)5-7-20-14)9-12-10-19-6-8-21-15(19)17-12/h6,8,10,13-14,16H,3-5,7,9,11H2,1-2H3. The maximum absolute atomic E-state index is 6.02. The van der Waals surface area contributed by atoms with Gasteiger partial charge in [-0.1, -0.05) is 13.8 Å². The van der Waals surface area contributed by atoms with Gasteiger partial charge in [0.05, 0.1) is 18.4 Å². The van der Waals surface area contributed by atoms with Crippen molar-refractivity contribution in [3.63, 3.8) is 0 Å². The molecule has 0 spiro atoms. The van der Waals surface area contributed by atoms with Crippen LogP contribution in [0.1, 0.15) is 19.5 Å². The predicted octanol–water partition coefficient (Wildman–Crippen LogP) is 1.64. The lowest BCUT2D eigenvalue weighted by Crippen LogP contribution is -2.53. The van der Waals surface area contributed by atoms with Crippen molar-refractivity contribution in [2.45, 2.75) is 32.4 Å². The normalized spacial score (nSPS) is 21.9. The van der Waals surface area contributed by atoms with Gasteiger partial charge < -0.3 is 10.1 Å². The maximum atomic E-state index is 6.02. The first kappa shape index (κ1) is 15.0. The van der Waals surface area contributed by atoms with E-state index >= 15 is 0 Å². The highest BCUT2D eigenvalue weighted by molar-refractivity contribution is 7.15. The number of morpholine rings is 1. The number of rotatable bonds is 6. The first-order chi connectivity index (χ1) is 10.3. The number of thiazole rings is 1. The van der Waals surface area contributed by atoms with E-state index < -0.39 is 0 Å². The fourth-order valence-corrected chi connectivity index (χ4v) is 3.68. The van der Waals surface area contributed by atoms with Crippen LogP contribution in [0.4, 0.5) is 0 Å². The second kappa shape index (κ2) is 6.87. The van der Waals surface area contributed by atoms with Crippen LogP contribution in [0.25, 0.3) is 4.96 Å². The first-order valence-electron chi connectivity index (χ1n) is 7.78. The highest BCUT2D eigenvalue weighted by Crippen LogP contribution is 2.16. The molecule has 0 saturated carbocycles. The SMILES string of the molecule is CCNC(Cc1cn2ccsc2n1)C1CN(CC)CCO1. The molecule has 21 heavy (non-hydrogen) atoms. The molecular weight excluding hydrogens is 284 g/mol. The number of imidazole rings is 1. The molecule has 5 nitrogen and oxygen atoms in total. The van der Waals surface area contributed by atoms with Crippen LogP contribution in [0.15, 0.2) is 17.8 Å². The van der Waals surface area contributed by atoms with Crippen LogP contribution in [0.5, 0.6) is 0 Å². The van der Waals surface area contributed by atoms with E-state index in [9.17, 15) is 0 Å². The third-order valence-electron chi connectivity index (χ3n) is 4.11. The Morgan fingerprint density at radius 3 is 3.19 bits per heavy atom. The molecular formula is C15H24N4OS. The Bertz CT molecular complexity index is 538. The zero-order valence-electron chi connectivity index (χ0n) is 12.8. The summed E-state index contributed by atoms with van der Waals surface area (Å²) in [6.45, 7) is 9.31. The number of ether oxygens (including phenoxy) is 1. The second-order valence-electron chi connectivity index (χ2n) is 5.50. The number of aromatic nitrogens is 2. The molecule has 6 heteroatoms. The molecule has 1 N–H and O–H groups in total. The van der Waals surface area contributed by atoms with E-state index in [1.807, 2.05) is 0 Å². The lowest BCUT2D eigenvalue weighted by molar-refractivity contribution is -0.0446. The molecule has 0 radical (unpaired) electrons. The average molecular weight is 308 g/mol. The Labute approximate surface area is 129 Å². The predicted molar refractivity (Wildman–Crippen MR) is 86.1 cm³/mol. The van der Waals surface area contributed by atoms with E-state index in [4.69, 9.17) is 9.72 Å². The number of hydrogen-bond donors (Lipinski definition) is 1. The minimum Gasteiger partial charge on any atom is -0.374 e. The van der Waals surface area contributed by atoms with E-state index in [2.05, 4.69) is 46.2 Å². The lowest BCUT2D eigenvalue weighted by atomic mass is 10.0. The Kier molecular flexibility index (Phi) is 4.90. The second-order valence-corrected chi connectivity index (χ2v) is 6.37. The van der Waals surface area contributed by atoms with Crippen LogP contribution in [0.3, 0.4) is 0 Å². The molecule has 2 unspecified atom stereocenters. The van der Waals surface area contributed by atoms with Crippen molar-refractivity contribution in [1.82, 2.24) is 19.6 Å². The van der Waals surface area contributed by atoms with Crippen molar-refractivity contribution in [3.8, 4) is 0 Å². The zero-order valence-corrected chi connectivity index (χ0v) is 13.6. The van der Waals surface area contributed by atoms with Gasteiger partial charge >= 0.3 is 0 Å². The van der Waals surface area contributed by atoms with Crippen molar-refractivity contribution < 1.29 is 4.74 Å². The van der Waals surface area contributed by atoms with Gasteiger partial charge in [0, 0.05) is 43.3 Å². The smallest absolute Gasteiger partial charge is 0.193 e. The molecule has 0 bridgehead atoms. The van der Waals surface area contributed by atoms with Gasteiger partial charge in [0.1, 0.15) is 0 Å². The number of nitrogens with one attached hydrogen (secondary N) is 1. The molecule has 0 aliphatic carbocycles. The van der Waals surface area contributed by atoms with Crippen LogP contribution in [0, 0.1) is 0 Å². The summed E-state index contributed by atoms with van der Waals surface area (Å²) in [5, 5.41) is 5.65. The molecule has 2 atom stereocenters. The fraction of sp³-hybridized carbons (Fsp3) is 0.667. The highest BCUT2D eigenvalue weighted by atomic mass is 32.1. The summed E-state index contributed by atoms with van der Waals surface area (Å²) in [5.41, 5.74) is 1.14. The Morgan fingerprint density at radius 2 is 2.43 bits per heavy atom. The summed E-state index contributed by atoms with van der Waals surface area (Å²) in [6.07, 6.45) is 5.37. The largest absolute Gasteiger partial charge is 0.374 e. The van der Waals surface area contributed by atoms with Gasteiger partial charge in [-0.2, -0.15) is 0 Å². The van der Waals surface area contributed by atoms with E-state index in [1.165, 1.54) is 0 Å². The van der Waals surface area contributed by atoms with Crippen molar-refractivity contribution in [2.75, 3.05) is 32.8 Å². The zero-order chi connectivity index (χ0) is 14.7. The Morgan fingerprint density at radius 1 is 1.52 bits per heavy atom. The van der Waals surface area contributed by atoms with Crippen LogP contribution in [-0.4, -0.2) is 59.2 Å². The minimum absolute atomic E-state index is 0.249. The van der Waals surface area contributed by atoms with E-state index in [-0.39, 0.29) is 6.10 Å².